The molecule has 1 saturated heterocycles. The molecule has 1 aromatic rings. The zero-order chi connectivity index (χ0) is 26.8. The maximum absolute atomic E-state index is 13.1. The van der Waals surface area contributed by atoms with E-state index in [0.717, 1.165) is 32.5 Å². The van der Waals surface area contributed by atoms with Crippen molar-refractivity contribution in [3.63, 3.8) is 0 Å². The van der Waals surface area contributed by atoms with Crippen LogP contribution in [-0.4, -0.2) is 90.7 Å². The SMILES string of the molecule is C[C@@H]1COc2ccccc2C(=O)N[C@H](C(=O)NCCCCN2CCCC2)CC(=O)N[C@@H]([C@@H](C)O)C(=O)N1. The number of nitrogens with zero attached hydrogens (tertiary/aromatic N) is 1. The second-order valence-electron chi connectivity index (χ2n) is 9.78. The van der Waals surface area contributed by atoms with Crippen LogP contribution in [0.3, 0.4) is 0 Å². The number of hydrogen-bond acceptors (Lipinski definition) is 7. The van der Waals surface area contributed by atoms with Gasteiger partial charge in [-0.1, -0.05) is 12.1 Å². The van der Waals surface area contributed by atoms with Crippen LogP contribution in [0.1, 0.15) is 56.3 Å². The molecule has 5 N–H and O–H groups in total. The third-order valence-corrected chi connectivity index (χ3v) is 6.50. The molecule has 0 unspecified atom stereocenters. The maximum Gasteiger partial charge on any atom is 0.255 e. The third kappa shape index (κ3) is 8.71. The standard InChI is InChI=1S/C26H39N5O6/c1-17-16-37-21-10-4-3-9-19(21)24(34)29-20(15-22(33)30-23(18(2)32)26(36)28-17)25(35)27-11-5-6-12-31-13-7-8-14-31/h3-4,9-10,17-18,20,23,32H,5-8,11-16H2,1-2H3,(H,27,35)(H,28,36)(H,29,34)(H,30,33)/t17-,18-,20+,23+/m1/s1. The Morgan fingerprint density at radius 1 is 1.14 bits per heavy atom. The summed E-state index contributed by atoms with van der Waals surface area (Å²) in [5.74, 6) is -1.99. The number of nitrogens with one attached hydrogen (secondary N) is 4. The van der Waals surface area contributed by atoms with Gasteiger partial charge in [0.05, 0.1) is 24.1 Å². The molecule has 11 heteroatoms. The van der Waals surface area contributed by atoms with Crippen LogP contribution >= 0.6 is 0 Å². The van der Waals surface area contributed by atoms with Crippen LogP contribution in [0, 0.1) is 0 Å². The zero-order valence-corrected chi connectivity index (χ0v) is 21.6. The summed E-state index contributed by atoms with van der Waals surface area (Å²) >= 11 is 0. The third-order valence-electron chi connectivity index (χ3n) is 6.50. The van der Waals surface area contributed by atoms with E-state index in [0.29, 0.717) is 6.54 Å². The summed E-state index contributed by atoms with van der Waals surface area (Å²) < 4.78 is 5.78. The number of amides is 4. The molecule has 2 heterocycles. The van der Waals surface area contributed by atoms with E-state index < -0.39 is 54.3 Å². The van der Waals surface area contributed by atoms with Crippen molar-refractivity contribution in [2.45, 2.75) is 70.2 Å². The lowest BCUT2D eigenvalue weighted by Crippen LogP contribution is -2.56. The summed E-state index contributed by atoms with van der Waals surface area (Å²) in [6, 6.07) is 3.70. The molecular formula is C26H39N5O6. The Morgan fingerprint density at radius 2 is 1.86 bits per heavy atom. The number of ether oxygens (including phenoxy) is 1. The second kappa shape index (κ2) is 13.9. The van der Waals surface area contributed by atoms with Gasteiger partial charge in [-0.2, -0.15) is 0 Å². The van der Waals surface area contributed by atoms with E-state index >= 15 is 0 Å². The lowest BCUT2D eigenvalue weighted by atomic mass is 10.1. The fourth-order valence-electron chi connectivity index (χ4n) is 4.44. The number of likely N-dealkylation sites (tertiary alicyclic amines) is 1. The Morgan fingerprint density at radius 3 is 2.59 bits per heavy atom. The van der Waals surface area contributed by atoms with Gasteiger partial charge in [-0.3, -0.25) is 19.2 Å². The first-order valence-corrected chi connectivity index (χ1v) is 13.0. The number of unbranched alkanes of at least 4 members (excludes halogenated alkanes) is 1. The molecule has 0 aliphatic carbocycles. The average Bonchev–Trinajstić information content (AvgIpc) is 3.38. The van der Waals surface area contributed by atoms with E-state index in [1.54, 1.807) is 31.2 Å². The summed E-state index contributed by atoms with van der Waals surface area (Å²) in [4.78, 5) is 54.0. The highest BCUT2D eigenvalue weighted by molar-refractivity contribution is 6.01. The Bertz CT molecular complexity index is 949. The van der Waals surface area contributed by atoms with Crippen LogP contribution < -0.4 is 26.0 Å². The summed E-state index contributed by atoms with van der Waals surface area (Å²) in [6.07, 6.45) is 2.58. The quantitative estimate of drug-likeness (QED) is 0.318. The molecule has 4 amide bonds. The molecular weight excluding hydrogens is 478 g/mol. The largest absolute Gasteiger partial charge is 0.491 e. The van der Waals surface area contributed by atoms with Gasteiger partial charge in [0.25, 0.3) is 5.91 Å². The maximum atomic E-state index is 13.1. The molecule has 2 aliphatic heterocycles. The monoisotopic (exact) mass is 517 g/mol. The van der Waals surface area contributed by atoms with Gasteiger partial charge in [0.1, 0.15) is 24.4 Å². The number of hydrogen-bond donors (Lipinski definition) is 5. The second-order valence-corrected chi connectivity index (χ2v) is 9.78. The number of rotatable bonds is 7. The predicted molar refractivity (Wildman–Crippen MR) is 137 cm³/mol. The first-order valence-electron chi connectivity index (χ1n) is 13.0. The Balaban J connectivity index is 1.71. The van der Waals surface area contributed by atoms with Crippen molar-refractivity contribution in [1.29, 1.82) is 0 Å². The number of carbonyl (C=O) groups excluding carboxylic acids is 4. The van der Waals surface area contributed by atoms with E-state index in [1.165, 1.54) is 19.8 Å². The van der Waals surface area contributed by atoms with Crippen LogP contribution in [0.4, 0.5) is 0 Å². The van der Waals surface area contributed by atoms with Crippen molar-refractivity contribution in [3.8, 4) is 5.75 Å². The minimum absolute atomic E-state index is 0.0534. The number of aliphatic hydroxyl groups is 1. The van der Waals surface area contributed by atoms with E-state index in [1.807, 2.05) is 0 Å². The van der Waals surface area contributed by atoms with E-state index in [2.05, 4.69) is 26.2 Å². The summed E-state index contributed by atoms with van der Waals surface area (Å²) in [5, 5.41) is 20.7. The summed E-state index contributed by atoms with van der Waals surface area (Å²) in [7, 11) is 0. The number of aliphatic hydroxyl groups excluding tert-OH is 1. The first-order chi connectivity index (χ1) is 17.7. The van der Waals surface area contributed by atoms with Crippen molar-refractivity contribution >= 4 is 23.6 Å². The minimum Gasteiger partial charge on any atom is -0.491 e. The van der Waals surface area contributed by atoms with Crippen molar-refractivity contribution in [2.75, 3.05) is 32.8 Å². The van der Waals surface area contributed by atoms with Gasteiger partial charge < -0.3 is 36.0 Å². The first kappa shape index (κ1) is 28.4. The van der Waals surface area contributed by atoms with Gasteiger partial charge in [-0.15, -0.1) is 0 Å². The summed E-state index contributed by atoms with van der Waals surface area (Å²) in [5.41, 5.74) is 0.212. The van der Waals surface area contributed by atoms with Crippen LogP contribution in [0.5, 0.6) is 5.75 Å². The lowest BCUT2D eigenvalue weighted by Gasteiger charge is -2.26. The Kier molecular flexibility index (Phi) is 10.7. The van der Waals surface area contributed by atoms with Gasteiger partial charge in [0, 0.05) is 6.54 Å². The fourth-order valence-corrected chi connectivity index (χ4v) is 4.44. The molecule has 1 fully saturated rings. The number of carbonyl (C=O) groups is 4. The van der Waals surface area contributed by atoms with Gasteiger partial charge in [-0.25, -0.2) is 0 Å². The molecule has 1 aromatic carbocycles. The molecule has 37 heavy (non-hydrogen) atoms. The average molecular weight is 518 g/mol. The van der Waals surface area contributed by atoms with E-state index in [-0.39, 0.29) is 17.9 Å². The van der Waals surface area contributed by atoms with Crippen LogP contribution in [0.25, 0.3) is 0 Å². The van der Waals surface area contributed by atoms with Crippen molar-refractivity contribution in [3.05, 3.63) is 29.8 Å². The smallest absolute Gasteiger partial charge is 0.255 e. The highest BCUT2D eigenvalue weighted by Crippen LogP contribution is 2.19. The van der Waals surface area contributed by atoms with Gasteiger partial charge in [-0.05, 0) is 71.3 Å². The van der Waals surface area contributed by atoms with Crippen molar-refractivity contribution in [1.82, 2.24) is 26.2 Å². The minimum atomic E-state index is -1.23. The highest BCUT2D eigenvalue weighted by atomic mass is 16.5. The van der Waals surface area contributed by atoms with Gasteiger partial charge in [0.2, 0.25) is 17.7 Å². The highest BCUT2D eigenvalue weighted by Gasteiger charge is 2.31. The topological polar surface area (TPSA) is 149 Å². The van der Waals surface area contributed by atoms with E-state index in [4.69, 9.17) is 4.74 Å². The Hall–Kier alpha value is -3.18. The van der Waals surface area contributed by atoms with Crippen LogP contribution in [0.15, 0.2) is 24.3 Å². The normalized spacial score (nSPS) is 24.5. The lowest BCUT2D eigenvalue weighted by molar-refractivity contribution is -0.133. The molecule has 0 aromatic heterocycles. The molecule has 204 valence electrons. The molecule has 0 saturated carbocycles. The fraction of sp³-hybridized carbons (Fsp3) is 0.615. The molecule has 0 spiro atoms. The number of para-hydroxylation sites is 1. The molecule has 2 aliphatic rings. The van der Waals surface area contributed by atoms with E-state index in [9.17, 15) is 24.3 Å². The molecule has 4 atom stereocenters. The van der Waals surface area contributed by atoms with Gasteiger partial charge >= 0.3 is 0 Å². The van der Waals surface area contributed by atoms with Crippen molar-refractivity contribution < 1.29 is 29.0 Å². The van der Waals surface area contributed by atoms with Gasteiger partial charge in [0.15, 0.2) is 0 Å². The number of fused-ring (bicyclic) bond motifs is 1. The Labute approximate surface area is 217 Å². The molecule has 3 rings (SSSR count). The van der Waals surface area contributed by atoms with Crippen LogP contribution in [0.2, 0.25) is 0 Å². The number of benzene rings is 1. The molecule has 11 nitrogen and oxygen atoms in total. The van der Waals surface area contributed by atoms with Crippen LogP contribution in [-0.2, 0) is 14.4 Å². The zero-order valence-electron chi connectivity index (χ0n) is 21.6. The summed E-state index contributed by atoms with van der Waals surface area (Å²) in [6.45, 7) is 6.78. The molecule has 0 radical (unpaired) electrons. The molecule has 0 bridgehead atoms. The predicted octanol–water partition coefficient (Wildman–Crippen LogP) is -0.0700. The van der Waals surface area contributed by atoms with Crippen molar-refractivity contribution in [2.24, 2.45) is 0 Å².